The minimum atomic E-state index is -0.220. The predicted octanol–water partition coefficient (Wildman–Crippen LogP) is 2.63. The Morgan fingerprint density at radius 3 is 2.67 bits per heavy atom. The van der Waals surface area contributed by atoms with E-state index in [1.54, 1.807) is 10.9 Å². The van der Waals surface area contributed by atoms with Gasteiger partial charge in [0.25, 0.3) is 0 Å². The van der Waals surface area contributed by atoms with Gasteiger partial charge in [0.2, 0.25) is 0 Å². The minimum absolute atomic E-state index is 0.220. The SMILES string of the molecule is CC(C#N)n1cc(-c2ccccc2)cn1. The fourth-order valence-corrected chi connectivity index (χ4v) is 1.39. The number of nitrogens with zero attached hydrogens (tertiary/aromatic N) is 3. The summed E-state index contributed by atoms with van der Waals surface area (Å²) in [6, 6.07) is 11.9. The van der Waals surface area contributed by atoms with Crippen molar-refractivity contribution < 1.29 is 0 Å². The quantitative estimate of drug-likeness (QED) is 0.742. The van der Waals surface area contributed by atoms with E-state index in [1.165, 1.54) is 0 Å². The molecule has 3 nitrogen and oxygen atoms in total. The molecule has 0 fully saturated rings. The summed E-state index contributed by atoms with van der Waals surface area (Å²) in [4.78, 5) is 0. The van der Waals surface area contributed by atoms with Crippen LogP contribution in [0.5, 0.6) is 0 Å². The predicted molar refractivity (Wildman–Crippen MR) is 58.0 cm³/mol. The van der Waals surface area contributed by atoms with E-state index in [9.17, 15) is 0 Å². The molecule has 0 N–H and O–H groups in total. The van der Waals surface area contributed by atoms with E-state index in [0.717, 1.165) is 11.1 Å². The molecule has 0 amide bonds. The van der Waals surface area contributed by atoms with Crippen LogP contribution >= 0.6 is 0 Å². The zero-order valence-electron chi connectivity index (χ0n) is 8.46. The second-order valence-electron chi connectivity index (χ2n) is 3.38. The van der Waals surface area contributed by atoms with Crippen LogP contribution < -0.4 is 0 Å². The molecule has 1 aromatic carbocycles. The summed E-state index contributed by atoms with van der Waals surface area (Å²) in [5, 5.41) is 12.9. The summed E-state index contributed by atoms with van der Waals surface area (Å²) in [7, 11) is 0. The normalized spacial score (nSPS) is 12.0. The number of hydrogen-bond donors (Lipinski definition) is 0. The first-order chi connectivity index (χ1) is 7.31. The molecular formula is C12H11N3. The molecule has 15 heavy (non-hydrogen) atoms. The number of nitriles is 1. The van der Waals surface area contributed by atoms with Gasteiger partial charge in [0, 0.05) is 11.8 Å². The van der Waals surface area contributed by atoms with Crippen molar-refractivity contribution in [3.8, 4) is 17.2 Å². The maximum Gasteiger partial charge on any atom is 0.135 e. The van der Waals surface area contributed by atoms with Crippen LogP contribution in [0.15, 0.2) is 42.7 Å². The lowest BCUT2D eigenvalue weighted by molar-refractivity contribution is 0.591. The van der Waals surface area contributed by atoms with Crippen LogP contribution in [0.4, 0.5) is 0 Å². The van der Waals surface area contributed by atoms with Crippen LogP contribution in [-0.4, -0.2) is 9.78 Å². The molecule has 3 heteroatoms. The zero-order chi connectivity index (χ0) is 10.7. The highest BCUT2D eigenvalue weighted by Gasteiger charge is 2.05. The minimum Gasteiger partial charge on any atom is -0.255 e. The van der Waals surface area contributed by atoms with Crippen molar-refractivity contribution in [3.63, 3.8) is 0 Å². The molecule has 1 atom stereocenters. The van der Waals surface area contributed by atoms with Gasteiger partial charge in [-0.3, -0.25) is 4.68 Å². The topological polar surface area (TPSA) is 41.6 Å². The lowest BCUT2D eigenvalue weighted by Crippen LogP contribution is -2.01. The molecule has 0 aliphatic heterocycles. The molecule has 2 aromatic rings. The summed E-state index contributed by atoms with van der Waals surface area (Å²) < 4.78 is 1.67. The summed E-state index contributed by atoms with van der Waals surface area (Å²) in [5.41, 5.74) is 2.16. The third-order valence-electron chi connectivity index (χ3n) is 2.29. The van der Waals surface area contributed by atoms with E-state index >= 15 is 0 Å². The largest absolute Gasteiger partial charge is 0.255 e. The van der Waals surface area contributed by atoms with Crippen molar-refractivity contribution in [1.82, 2.24) is 9.78 Å². The first-order valence-corrected chi connectivity index (χ1v) is 4.80. The van der Waals surface area contributed by atoms with Crippen molar-refractivity contribution in [2.75, 3.05) is 0 Å². The lowest BCUT2D eigenvalue weighted by Gasteiger charge is -2.00. The van der Waals surface area contributed by atoms with E-state index in [4.69, 9.17) is 5.26 Å². The maximum absolute atomic E-state index is 8.76. The van der Waals surface area contributed by atoms with Crippen LogP contribution in [-0.2, 0) is 0 Å². The van der Waals surface area contributed by atoms with Crippen molar-refractivity contribution in [2.24, 2.45) is 0 Å². The molecule has 0 bridgehead atoms. The van der Waals surface area contributed by atoms with Crippen molar-refractivity contribution in [1.29, 1.82) is 5.26 Å². The van der Waals surface area contributed by atoms with Gasteiger partial charge < -0.3 is 0 Å². The summed E-state index contributed by atoms with van der Waals surface area (Å²) >= 11 is 0. The summed E-state index contributed by atoms with van der Waals surface area (Å²) in [5.74, 6) is 0. The summed E-state index contributed by atoms with van der Waals surface area (Å²) in [6.45, 7) is 1.82. The van der Waals surface area contributed by atoms with Gasteiger partial charge in [0.05, 0.1) is 12.3 Å². The Morgan fingerprint density at radius 2 is 2.00 bits per heavy atom. The third kappa shape index (κ3) is 1.89. The van der Waals surface area contributed by atoms with E-state index in [-0.39, 0.29) is 6.04 Å². The molecule has 0 aliphatic rings. The monoisotopic (exact) mass is 197 g/mol. The van der Waals surface area contributed by atoms with Gasteiger partial charge in [0.1, 0.15) is 6.04 Å². The number of benzene rings is 1. The average molecular weight is 197 g/mol. The van der Waals surface area contributed by atoms with Gasteiger partial charge in [-0.05, 0) is 12.5 Å². The Morgan fingerprint density at radius 1 is 1.27 bits per heavy atom. The van der Waals surface area contributed by atoms with Gasteiger partial charge >= 0.3 is 0 Å². The van der Waals surface area contributed by atoms with Crippen LogP contribution in [0.1, 0.15) is 13.0 Å². The number of hydrogen-bond acceptors (Lipinski definition) is 2. The fourth-order valence-electron chi connectivity index (χ4n) is 1.39. The Bertz CT molecular complexity index is 479. The van der Waals surface area contributed by atoms with Gasteiger partial charge in [-0.15, -0.1) is 0 Å². The highest BCUT2D eigenvalue weighted by Crippen LogP contribution is 2.18. The van der Waals surface area contributed by atoms with E-state index in [0.29, 0.717) is 0 Å². The van der Waals surface area contributed by atoms with Crippen LogP contribution in [0.2, 0.25) is 0 Å². The molecule has 0 aliphatic carbocycles. The Balaban J connectivity index is 2.33. The molecule has 1 heterocycles. The van der Waals surface area contributed by atoms with Crippen molar-refractivity contribution in [3.05, 3.63) is 42.7 Å². The van der Waals surface area contributed by atoms with E-state index in [2.05, 4.69) is 11.2 Å². The van der Waals surface area contributed by atoms with E-state index < -0.39 is 0 Å². The standard InChI is InChI=1S/C12H11N3/c1-10(7-13)15-9-12(8-14-15)11-5-3-2-4-6-11/h2-6,8-10H,1H3. The lowest BCUT2D eigenvalue weighted by atomic mass is 10.1. The molecule has 0 radical (unpaired) electrons. The first kappa shape index (κ1) is 9.47. The Kier molecular flexibility index (Phi) is 2.51. The number of rotatable bonds is 2. The molecule has 2 rings (SSSR count). The fraction of sp³-hybridized carbons (Fsp3) is 0.167. The molecular weight excluding hydrogens is 186 g/mol. The van der Waals surface area contributed by atoms with Crippen molar-refractivity contribution >= 4 is 0 Å². The van der Waals surface area contributed by atoms with Crippen molar-refractivity contribution in [2.45, 2.75) is 13.0 Å². The first-order valence-electron chi connectivity index (χ1n) is 4.80. The van der Waals surface area contributed by atoms with Gasteiger partial charge in [0.15, 0.2) is 0 Å². The third-order valence-corrected chi connectivity index (χ3v) is 2.29. The highest BCUT2D eigenvalue weighted by atomic mass is 15.3. The Labute approximate surface area is 88.6 Å². The van der Waals surface area contributed by atoms with Crippen LogP contribution in [0.3, 0.4) is 0 Å². The second kappa shape index (κ2) is 3.97. The number of aromatic nitrogens is 2. The van der Waals surface area contributed by atoms with Gasteiger partial charge in [-0.2, -0.15) is 10.4 Å². The van der Waals surface area contributed by atoms with E-state index in [1.807, 2.05) is 43.5 Å². The highest BCUT2D eigenvalue weighted by molar-refractivity contribution is 5.61. The average Bonchev–Trinajstić information content (AvgIpc) is 2.78. The molecule has 0 saturated heterocycles. The zero-order valence-corrected chi connectivity index (χ0v) is 8.46. The summed E-state index contributed by atoms with van der Waals surface area (Å²) in [6.07, 6.45) is 3.67. The molecule has 1 unspecified atom stereocenters. The van der Waals surface area contributed by atoms with Gasteiger partial charge in [-0.1, -0.05) is 30.3 Å². The van der Waals surface area contributed by atoms with Crippen LogP contribution in [0, 0.1) is 11.3 Å². The maximum atomic E-state index is 8.76. The molecule has 0 spiro atoms. The molecule has 1 aromatic heterocycles. The van der Waals surface area contributed by atoms with Gasteiger partial charge in [-0.25, -0.2) is 0 Å². The Hall–Kier alpha value is -2.08. The molecule has 0 saturated carbocycles. The van der Waals surface area contributed by atoms with Crippen LogP contribution in [0.25, 0.3) is 11.1 Å². The second-order valence-corrected chi connectivity index (χ2v) is 3.38. The smallest absolute Gasteiger partial charge is 0.135 e. The molecule has 74 valence electrons.